The first-order chi connectivity index (χ1) is 33.1. The molecular formula is C65H61BN2O. The molecule has 69 heavy (non-hydrogen) atoms. The highest BCUT2D eigenvalue weighted by atomic mass is 16.3. The first-order valence-corrected chi connectivity index (χ1v) is 25.4. The van der Waals surface area contributed by atoms with E-state index in [1.54, 1.807) is 0 Å². The Morgan fingerprint density at radius 3 is 1.61 bits per heavy atom. The van der Waals surface area contributed by atoms with E-state index in [4.69, 9.17) is 4.42 Å². The lowest BCUT2D eigenvalue weighted by atomic mass is 9.42. The molecule has 0 bridgehead atoms. The minimum absolute atomic E-state index is 0.00219. The van der Waals surface area contributed by atoms with Crippen LogP contribution in [0.4, 0.5) is 28.4 Å². The van der Waals surface area contributed by atoms with Crippen molar-refractivity contribution in [2.45, 2.75) is 110 Å². The highest BCUT2D eigenvalue weighted by Crippen LogP contribution is 2.56. The third-order valence-corrected chi connectivity index (χ3v) is 17.3. The van der Waals surface area contributed by atoms with Gasteiger partial charge in [0.25, 0.3) is 0 Å². The van der Waals surface area contributed by atoms with Crippen molar-refractivity contribution in [3.8, 4) is 33.4 Å². The van der Waals surface area contributed by atoms with Crippen molar-refractivity contribution >= 4 is 68.1 Å². The van der Waals surface area contributed by atoms with Crippen LogP contribution in [0.25, 0.3) is 55.3 Å². The smallest absolute Gasteiger partial charge is 0.333 e. The maximum Gasteiger partial charge on any atom is 0.333 e. The number of hydrogen-bond acceptors (Lipinski definition) is 3. The molecule has 3 heterocycles. The Morgan fingerprint density at radius 1 is 0.449 bits per heavy atom. The predicted octanol–water partition coefficient (Wildman–Crippen LogP) is 16.6. The summed E-state index contributed by atoms with van der Waals surface area (Å²) >= 11 is 0. The molecule has 2 aliphatic carbocycles. The van der Waals surface area contributed by atoms with E-state index in [0.717, 1.165) is 35.8 Å². The van der Waals surface area contributed by atoms with Gasteiger partial charge < -0.3 is 14.1 Å². The molecule has 0 radical (unpaired) electrons. The monoisotopic (exact) mass is 896 g/mol. The number of fused-ring (bicyclic) bond motifs is 10. The number of aryl methyl sites for hydroxylation is 1. The van der Waals surface area contributed by atoms with Crippen molar-refractivity contribution in [2.75, 3.05) is 9.71 Å². The zero-order chi connectivity index (χ0) is 47.4. The molecule has 9 aromatic rings. The van der Waals surface area contributed by atoms with Crippen LogP contribution in [0.3, 0.4) is 0 Å². The van der Waals surface area contributed by atoms with Crippen LogP contribution < -0.4 is 20.6 Å². The van der Waals surface area contributed by atoms with Crippen molar-refractivity contribution in [1.29, 1.82) is 0 Å². The van der Waals surface area contributed by atoms with Crippen molar-refractivity contribution in [2.24, 2.45) is 0 Å². The molecule has 8 aromatic carbocycles. The third kappa shape index (κ3) is 6.26. The van der Waals surface area contributed by atoms with Gasteiger partial charge in [0, 0.05) is 33.7 Å². The second-order valence-electron chi connectivity index (χ2n) is 23.5. The Hall–Kier alpha value is -6.78. The van der Waals surface area contributed by atoms with E-state index in [1.165, 1.54) is 112 Å². The fraction of sp³-hybridized carbons (Fsp3) is 0.262. The Balaban J connectivity index is 1.20. The van der Waals surface area contributed by atoms with E-state index in [2.05, 4.69) is 230 Å². The van der Waals surface area contributed by atoms with E-state index < -0.39 is 0 Å². The normalized spacial score (nSPS) is 17.8. The fourth-order valence-electron chi connectivity index (χ4n) is 13.0. The minimum atomic E-state index is -0.142. The van der Waals surface area contributed by atoms with Crippen molar-refractivity contribution in [1.82, 2.24) is 0 Å². The summed E-state index contributed by atoms with van der Waals surface area (Å²) in [7, 11) is 0. The quantitative estimate of drug-likeness (QED) is 0.164. The van der Waals surface area contributed by atoms with E-state index >= 15 is 0 Å². The number of para-hydroxylation sites is 1. The third-order valence-electron chi connectivity index (χ3n) is 17.3. The van der Waals surface area contributed by atoms with E-state index in [0.29, 0.717) is 0 Å². The molecule has 0 fully saturated rings. The lowest BCUT2D eigenvalue weighted by Gasteiger charge is -2.49. The molecule has 0 saturated heterocycles. The van der Waals surface area contributed by atoms with E-state index in [1.807, 2.05) is 0 Å². The number of anilines is 5. The van der Waals surface area contributed by atoms with Gasteiger partial charge in [-0.2, -0.15) is 0 Å². The van der Waals surface area contributed by atoms with Crippen LogP contribution in [0.5, 0.6) is 0 Å². The van der Waals surface area contributed by atoms with Gasteiger partial charge in [-0.15, -0.1) is 0 Å². The topological polar surface area (TPSA) is 19.6 Å². The molecule has 1 aromatic heterocycles. The Labute approximate surface area is 408 Å². The maximum atomic E-state index is 7.08. The molecule has 340 valence electrons. The van der Waals surface area contributed by atoms with Crippen LogP contribution in [0, 0.1) is 6.92 Å². The molecule has 0 amide bonds. The molecule has 0 spiro atoms. The molecule has 0 N–H and O–H groups in total. The highest BCUT2D eigenvalue weighted by Gasteiger charge is 2.49. The molecular weight excluding hydrogens is 836 g/mol. The van der Waals surface area contributed by atoms with Gasteiger partial charge in [-0.1, -0.05) is 165 Å². The van der Waals surface area contributed by atoms with Gasteiger partial charge in [-0.25, -0.2) is 0 Å². The van der Waals surface area contributed by atoms with E-state index in [-0.39, 0.29) is 28.5 Å². The summed E-state index contributed by atoms with van der Waals surface area (Å²) in [4.78, 5) is 5.41. The number of benzene rings is 8. The summed E-state index contributed by atoms with van der Waals surface area (Å²) in [5.41, 5.74) is 25.3. The van der Waals surface area contributed by atoms with Crippen LogP contribution in [0.2, 0.25) is 0 Å². The molecule has 4 aliphatic rings. The van der Waals surface area contributed by atoms with Gasteiger partial charge in [0.15, 0.2) is 0 Å². The first kappa shape index (κ1) is 42.3. The number of nitrogens with zero attached hydrogens (tertiary/aromatic N) is 2. The van der Waals surface area contributed by atoms with Crippen LogP contribution >= 0.6 is 0 Å². The van der Waals surface area contributed by atoms with Crippen LogP contribution in [-0.2, 0) is 21.7 Å². The van der Waals surface area contributed by atoms with Gasteiger partial charge in [0.1, 0.15) is 11.2 Å². The van der Waals surface area contributed by atoms with Crippen LogP contribution in [-0.4, -0.2) is 6.85 Å². The molecule has 0 atom stereocenters. The summed E-state index contributed by atoms with van der Waals surface area (Å²) < 4.78 is 7.08. The molecule has 3 nitrogen and oxygen atoms in total. The van der Waals surface area contributed by atoms with E-state index in [9.17, 15) is 0 Å². The first-order valence-electron chi connectivity index (χ1n) is 25.4. The van der Waals surface area contributed by atoms with Crippen molar-refractivity contribution in [3.05, 3.63) is 186 Å². The number of hydrogen-bond donors (Lipinski definition) is 0. The fourth-order valence-corrected chi connectivity index (χ4v) is 13.0. The average Bonchev–Trinajstić information content (AvgIpc) is 3.73. The van der Waals surface area contributed by atoms with Crippen molar-refractivity contribution in [3.63, 3.8) is 0 Å². The van der Waals surface area contributed by atoms with Crippen LogP contribution in [0.15, 0.2) is 162 Å². The summed E-state index contributed by atoms with van der Waals surface area (Å²) in [6.07, 6.45) is 4.62. The maximum absolute atomic E-state index is 7.08. The Morgan fingerprint density at radius 2 is 0.971 bits per heavy atom. The summed E-state index contributed by atoms with van der Waals surface area (Å²) in [5.74, 6) is 0. The van der Waals surface area contributed by atoms with Gasteiger partial charge in [0.05, 0.1) is 11.1 Å². The zero-order valence-corrected chi connectivity index (χ0v) is 41.7. The van der Waals surface area contributed by atoms with Gasteiger partial charge in [-0.3, -0.25) is 0 Å². The second-order valence-corrected chi connectivity index (χ2v) is 23.5. The summed E-state index contributed by atoms with van der Waals surface area (Å²) in [6.45, 7) is 22.0. The number of furan rings is 1. The highest BCUT2D eigenvalue weighted by molar-refractivity contribution is 6.94. The standard InChI is InChI=1S/C65H61BN2O/c1-40-34-49-51(64(6,7)32-30-62(49,2)3)38-55(40)67-56-39-52-50(63(4,5)31-33-65(52,8)9)37-53(56)66-60-48(36-58-59(61(60)67)46-22-16-17-23-57(46)69-58)47-35-44(42-20-14-11-15-21-42)26-29-54(47)68(66)45-27-24-43(25-28-45)41-18-12-10-13-19-41/h10-29,34-39H,30-33H2,1-9H3. The Bertz CT molecular complexity index is 3580. The lowest BCUT2D eigenvalue weighted by Crippen LogP contribution is -2.62. The van der Waals surface area contributed by atoms with Gasteiger partial charge in [-0.05, 0) is 169 Å². The van der Waals surface area contributed by atoms with Crippen LogP contribution in [0.1, 0.15) is 109 Å². The predicted molar refractivity (Wildman–Crippen MR) is 294 cm³/mol. The minimum Gasteiger partial charge on any atom is -0.456 e. The van der Waals surface area contributed by atoms with Gasteiger partial charge >= 0.3 is 6.85 Å². The molecule has 0 saturated carbocycles. The average molecular weight is 897 g/mol. The summed E-state index contributed by atoms with van der Waals surface area (Å²) in [6, 6.07) is 59.8. The zero-order valence-electron chi connectivity index (χ0n) is 41.7. The second kappa shape index (κ2) is 14.6. The molecule has 4 heteroatoms. The SMILES string of the molecule is Cc1cc2c(cc1N1c3cc4c(cc3B3c5c(cc6oc7ccccc7c6c51)-c1cc(-c5ccccc5)ccc1N3c1ccc(-c3ccccc3)cc1)C(C)(C)CCC4(C)C)C(C)(C)CCC2(C)C. The largest absolute Gasteiger partial charge is 0.456 e. The van der Waals surface area contributed by atoms with Gasteiger partial charge in [0.2, 0.25) is 0 Å². The number of rotatable bonds is 4. The molecule has 0 unspecified atom stereocenters. The molecule has 13 rings (SSSR count). The Kier molecular flexibility index (Phi) is 8.97. The van der Waals surface area contributed by atoms with Crippen molar-refractivity contribution < 1.29 is 4.42 Å². The molecule has 2 aliphatic heterocycles. The lowest BCUT2D eigenvalue weighted by molar-refractivity contribution is 0.331. The summed E-state index contributed by atoms with van der Waals surface area (Å²) in [5, 5.41) is 2.33.